The number of carbonyl (C=O) groups excluding carboxylic acids is 2. The normalized spacial score (nSPS) is 15.0. The van der Waals surface area contributed by atoms with Gasteiger partial charge in [0.25, 0.3) is 0 Å². The molecule has 0 aromatic heterocycles. The first-order valence-corrected chi connectivity index (χ1v) is 14.1. The molecule has 1 atom stereocenters. The van der Waals surface area contributed by atoms with Crippen molar-refractivity contribution in [2.24, 2.45) is 0 Å². The fourth-order valence-corrected chi connectivity index (χ4v) is 5.58. The monoisotopic (exact) mass is 552 g/mol. The minimum Gasteiger partial charge on any atom is -0.352 e. The lowest BCUT2D eigenvalue weighted by atomic mass is 10.1. The zero-order valence-corrected chi connectivity index (χ0v) is 22.9. The second kappa shape index (κ2) is 12.7. The molecule has 0 saturated heterocycles. The molecule has 1 saturated carbocycles. The predicted octanol–water partition coefficient (Wildman–Crippen LogP) is 3.96. The minimum absolute atomic E-state index is 0.0684. The number of carbonyl (C=O) groups is 2. The summed E-state index contributed by atoms with van der Waals surface area (Å²) in [5, 5.41) is 3.60. The van der Waals surface area contributed by atoms with E-state index in [0.717, 1.165) is 52.0 Å². The van der Waals surface area contributed by atoms with Gasteiger partial charge >= 0.3 is 10.2 Å². The van der Waals surface area contributed by atoms with Crippen LogP contribution in [-0.4, -0.2) is 62.2 Å². The van der Waals surface area contributed by atoms with Gasteiger partial charge < -0.3 is 10.2 Å². The van der Waals surface area contributed by atoms with Gasteiger partial charge in [-0.3, -0.25) is 9.59 Å². The average Bonchev–Trinajstić information content (AvgIpc) is 3.37. The summed E-state index contributed by atoms with van der Waals surface area (Å²) in [4.78, 5) is 28.5. The Hall–Kier alpha value is -2.69. The highest BCUT2D eigenvalue weighted by molar-refractivity contribution is 7.90. The topological polar surface area (TPSA) is 90.0 Å². The third-order valence-electron chi connectivity index (χ3n) is 6.49. The highest BCUT2D eigenvalue weighted by Gasteiger charge is 2.34. The van der Waals surface area contributed by atoms with Gasteiger partial charge in [0.1, 0.15) is 18.4 Å². The summed E-state index contributed by atoms with van der Waals surface area (Å²) in [6, 6.07) is 11.0. The Balaban J connectivity index is 1.95. The number of amides is 2. The Morgan fingerprint density at radius 3 is 2.19 bits per heavy atom. The maximum Gasteiger partial charge on any atom is 0.304 e. The van der Waals surface area contributed by atoms with Gasteiger partial charge in [-0.2, -0.15) is 12.7 Å². The SMILES string of the molecule is CC[C@H](C(=O)NC1CCCC1)N(Cc1ccc(Cl)cc1)C(=O)CN(c1ccc(F)cc1)S(=O)(=O)N(C)C. The Morgan fingerprint density at radius 1 is 1.05 bits per heavy atom. The van der Waals surface area contributed by atoms with Crippen LogP contribution < -0.4 is 9.62 Å². The molecule has 2 amide bonds. The molecule has 0 spiro atoms. The first-order valence-electron chi connectivity index (χ1n) is 12.3. The van der Waals surface area contributed by atoms with Crippen LogP contribution in [-0.2, 0) is 26.3 Å². The second-order valence-corrected chi connectivity index (χ2v) is 11.8. The summed E-state index contributed by atoms with van der Waals surface area (Å²) in [5.41, 5.74) is 0.881. The van der Waals surface area contributed by atoms with Gasteiger partial charge in [0.15, 0.2) is 0 Å². The molecule has 1 aliphatic carbocycles. The summed E-state index contributed by atoms with van der Waals surface area (Å²) in [5.74, 6) is -1.35. The Bertz CT molecular complexity index is 1170. The van der Waals surface area contributed by atoms with E-state index < -0.39 is 34.5 Å². The molecule has 1 fully saturated rings. The molecule has 0 unspecified atom stereocenters. The molecule has 202 valence electrons. The minimum atomic E-state index is -4.10. The van der Waals surface area contributed by atoms with Gasteiger partial charge in [-0.25, -0.2) is 8.70 Å². The summed E-state index contributed by atoms with van der Waals surface area (Å²) in [6.07, 6.45) is 4.22. The number of hydrogen-bond acceptors (Lipinski definition) is 4. The largest absolute Gasteiger partial charge is 0.352 e. The van der Waals surface area contributed by atoms with Gasteiger partial charge in [0.05, 0.1) is 5.69 Å². The molecule has 0 bridgehead atoms. The van der Waals surface area contributed by atoms with E-state index in [1.165, 1.54) is 31.1 Å². The van der Waals surface area contributed by atoms with Crippen molar-refractivity contribution in [2.45, 2.75) is 57.7 Å². The maximum absolute atomic E-state index is 13.8. The first kappa shape index (κ1) is 28.9. The second-order valence-electron chi connectivity index (χ2n) is 9.34. The fourth-order valence-electron chi connectivity index (χ4n) is 4.40. The molecule has 2 aromatic rings. The van der Waals surface area contributed by atoms with E-state index >= 15 is 0 Å². The van der Waals surface area contributed by atoms with Crippen molar-refractivity contribution in [3.8, 4) is 0 Å². The summed E-state index contributed by atoms with van der Waals surface area (Å²) in [6.45, 7) is 1.34. The molecular weight excluding hydrogens is 519 g/mol. The van der Waals surface area contributed by atoms with Gasteiger partial charge in [0, 0.05) is 31.7 Å². The van der Waals surface area contributed by atoms with Crippen molar-refractivity contribution in [3.63, 3.8) is 0 Å². The fraction of sp³-hybridized carbons (Fsp3) is 0.462. The van der Waals surface area contributed by atoms with Crippen LogP contribution in [0.5, 0.6) is 0 Å². The van der Waals surface area contributed by atoms with Crippen molar-refractivity contribution < 1.29 is 22.4 Å². The quantitative estimate of drug-likeness (QED) is 0.457. The standard InChI is InChI=1S/C26H34ClFN4O4S/c1-4-24(26(34)29-22-7-5-6-8-22)31(17-19-9-11-20(27)12-10-19)25(33)18-32(37(35,36)30(2)3)23-15-13-21(28)14-16-23/h9-16,22,24H,4-8,17-18H2,1-3H3,(H,29,34)/t24-/m1/s1. The van der Waals surface area contributed by atoms with Crippen molar-refractivity contribution in [3.05, 3.63) is 64.9 Å². The molecule has 37 heavy (non-hydrogen) atoms. The predicted molar refractivity (Wildman–Crippen MR) is 143 cm³/mol. The zero-order valence-electron chi connectivity index (χ0n) is 21.4. The van der Waals surface area contributed by atoms with Crippen LogP contribution in [0.1, 0.15) is 44.6 Å². The van der Waals surface area contributed by atoms with Crippen molar-refractivity contribution in [2.75, 3.05) is 24.9 Å². The highest BCUT2D eigenvalue weighted by atomic mass is 35.5. The molecule has 3 rings (SSSR count). The van der Waals surface area contributed by atoms with Crippen LogP contribution in [0, 0.1) is 5.82 Å². The van der Waals surface area contributed by atoms with Crippen molar-refractivity contribution in [1.29, 1.82) is 0 Å². The average molecular weight is 553 g/mol. The van der Waals surface area contributed by atoms with Gasteiger partial charge in [-0.15, -0.1) is 0 Å². The van der Waals surface area contributed by atoms with Crippen molar-refractivity contribution >= 4 is 39.3 Å². The lowest BCUT2D eigenvalue weighted by Crippen LogP contribution is -2.54. The smallest absolute Gasteiger partial charge is 0.304 e. The molecule has 0 radical (unpaired) electrons. The molecule has 1 N–H and O–H groups in total. The molecule has 0 aliphatic heterocycles. The van der Waals surface area contributed by atoms with E-state index in [1.54, 1.807) is 24.3 Å². The molecular formula is C26H34ClFN4O4S. The lowest BCUT2D eigenvalue weighted by molar-refractivity contribution is -0.140. The van der Waals surface area contributed by atoms with E-state index in [1.807, 2.05) is 6.92 Å². The number of nitrogens with zero attached hydrogens (tertiary/aromatic N) is 3. The van der Waals surface area contributed by atoms with Gasteiger partial charge in [-0.1, -0.05) is 43.5 Å². The Morgan fingerprint density at radius 2 is 1.65 bits per heavy atom. The summed E-state index contributed by atoms with van der Waals surface area (Å²) >= 11 is 6.02. The van der Waals surface area contributed by atoms with Crippen LogP contribution in [0.15, 0.2) is 48.5 Å². The highest BCUT2D eigenvalue weighted by Crippen LogP contribution is 2.23. The van der Waals surface area contributed by atoms with Crippen LogP contribution in [0.2, 0.25) is 5.02 Å². The van der Waals surface area contributed by atoms with Crippen LogP contribution in [0.25, 0.3) is 0 Å². The van der Waals surface area contributed by atoms with E-state index in [2.05, 4.69) is 5.32 Å². The van der Waals surface area contributed by atoms with Crippen molar-refractivity contribution in [1.82, 2.24) is 14.5 Å². The maximum atomic E-state index is 13.8. The van der Waals surface area contributed by atoms with Gasteiger partial charge in [0.2, 0.25) is 11.8 Å². The lowest BCUT2D eigenvalue weighted by Gasteiger charge is -2.34. The number of nitrogens with one attached hydrogen (secondary N) is 1. The number of rotatable bonds is 11. The number of anilines is 1. The number of hydrogen-bond donors (Lipinski definition) is 1. The van der Waals surface area contributed by atoms with Crippen LogP contribution >= 0.6 is 11.6 Å². The molecule has 8 nitrogen and oxygen atoms in total. The molecule has 11 heteroatoms. The zero-order chi connectivity index (χ0) is 27.2. The molecule has 0 heterocycles. The number of benzene rings is 2. The Labute approximate surface area is 223 Å². The third kappa shape index (κ3) is 7.43. The summed E-state index contributed by atoms with van der Waals surface area (Å²) in [7, 11) is -1.40. The molecule has 1 aliphatic rings. The van der Waals surface area contributed by atoms with Gasteiger partial charge in [-0.05, 0) is 61.2 Å². The van der Waals surface area contributed by atoms with E-state index in [0.29, 0.717) is 11.4 Å². The third-order valence-corrected chi connectivity index (χ3v) is 8.56. The number of halogens is 2. The van der Waals surface area contributed by atoms with E-state index in [-0.39, 0.29) is 24.2 Å². The Kier molecular flexibility index (Phi) is 9.92. The summed E-state index contributed by atoms with van der Waals surface area (Å²) < 4.78 is 41.8. The first-order chi connectivity index (χ1) is 17.5. The molecule has 2 aromatic carbocycles. The van der Waals surface area contributed by atoms with Crippen LogP contribution in [0.3, 0.4) is 0 Å². The van der Waals surface area contributed by atoms with E-state index in [4.69, 9.17) is 11.6 Å². The van der Waals surface area contributed by atoms with E-state index in [9.17, 15) is 22.4 Å². The van der Waals surface area contributed by atoms with Crippen LogP contribution in [0.4, 0.5) is 10.1 Å².